The predicted molar refractivity (Wildman–Crippen MR) is 156 cm³/mol. The van der Waals surface area contributed by atoms with Gasteiger partial charge in [-0.05, 0) is 81.7 Å². The zero-order valence-electron chi connectivity index (χ0n) is 22.6. The van der Waals surface area contributed by atoms with E-state index in [1.807, 2.05) is 32.3 Å². The molecule has 0 saturated carbocycles. The minimum absolute atomic E-state index is 0. The van der Waals surface area contributed by atoms with Crippen molar-refractivity contribution in [3.8, 4) is 5.75 Å². The van der Waals surface area contributed by atoms with Crippen LogP contribution in [0, 0.1) is 11.8 Å². The lowest BCUT2D eigenvalue weighted by Gasteiger charge is -2.34. The van der Waals surface area contributed by atoms with Crippen LogP contribution < -0.4 is 9.64 Å². The molecule has 0 aliphatic carbocycles. The van der Waals surface area contributed by atoms with Gasteiger partial charge in [-0.25, -0.2) is 13.4 Å². The molecule has 2 aromatic carbocycles. The van der Waals surface area contributed by atoms with E-state index in [0.29, 0.717) is 47.9 Å². The van der Waals surface area contributed by atoms with E-state index in [9.17, 15) is 13.2 Å². The third kappa shape index (κ3) is 6.84. The van der Waals surface area contributed by atoms with Crippen molar-refractivity contribution in [2.24, 2.45) is 11.8 Å². The summed E-state index contributed by atoms with van der Waals surface area (Å²) in [7, 11) is 2.00. The molecule has 1 aliphatic heterocycles. The first-order valence-electron chi connectivity index (χ1n) is 12.6. The fourth-order valence-corrected chi connectivity index (χ4v) is 7.49. The lowest BCUT2D eigenvalue weighted by atomic mass is 9.94. The molecule has 0 spiro atoms. The average Bonchev–Trinajstić information content (AvgIpc) is 3.28. The van der Waals surface area contributed by atoms with Gasteiger partial charge in [-0.15, -0.1) is 12.4 Å². The third-order valence-electron chi connectivity index (χ3n) is 6.62. The Labute approximate surface area is 236 Å². The summed E-state index contributed by atoms with van der Waals surface area (Å²) in [5, 5.41) is 0.611. The highest BCUT2D eigenvalue weighted by molar-refractivity contribution is 7.89. The zero-order valence-corrected chi connectivity index (χ0v) is 25.0. The van der Waals surface area contributed by atoms with Crippen molar-refractivity contribution < 1.29 is 17.9 Å². The monoisotopic (exact) mass is 580 g/mol. The summed E-state index contributed by atoms with van der Waals surface area (Å²) in [6.45, 7) is 6.54. The van der Waals surface area contributed by atoms with Crippen molar-refractivity contribution in [2.45, 2.75) is 31.6 Å². The van der Waals surface area contributed by atoms with Gasteiger partial charge in [0.05, 0.1) is 22.2 Å². The number of thiazole rings is 1. The number of anilines is 1. The Bertz CT molecular complexity index is 1330. The molecule has 2 unspecified atom stereocenters. The van der Waals surface area contributed by atoms with Crippen LogP contribution in [-0.4, -0.2) is 75.9 Å². The van der Waals surface area contributed by atoms with Crippen LogP contribution in [0.15, 0.2) is 47.4 Å². The van der Waals surface area contributed by atoms with Crippen molar-refractivity contribution in [3.63, 3.8) is 0 Å². The molecule has 2 heterocycles. The van der Waals surface area contributed by atoms with E-state index in [-0.39, 0.29) is 23.2 Å². The number of hydrogen-bond donors (Lipinski definition) is 0. The van der Waals surface area contributed by atoms with E-state index in [1.165, 1.54) is 11.3 Å². The van der Waals surface area contributed by atoms with Gasteiger partial charge in [0.1, 0.15) is 5.75 Å². The smallest absolute Gasteiger partial charge is 0.260 e. The molecule has 38 heavy (non-hydrogen) atoms. The van der Waals surface area contributed by atoms with Gasteiger partial charge in [-0.1, -0.05) is 25.2 Å². The Morgan fingerprint density at radius 3 is 2.34 bits per heavy atom. The molecule has 2 atom stereocenters. The standard InChI is InChI=1S/C27H36N4O4S2.ClH/c1-19-15-20(2)18-30(17-19)37(33,34)23-10-7-21(8-11-23)26(32)31(14-6-13-29(3)4)27-28-24-16-22(35-5)9-12-25(24)36-27;/h7-12,16,19-20H,6,13-15,17-18H2,1-5H3;1H. The molecule has 1 aliphatic rings. The molecule has 4 rings (SSSR count). The van der Waals surface area contributed by atoms with Crippen molar-refractivity contribution in [1.29, 1.82) is 0 Å². The number of aromatic nitrogens is 1. The number of halogens is 1. The first-order valence-corrected chi connectivity index (χ1v) is 14.9. The average molecular weight is 581 g/mol. The maximum absolute atomic E-state index is 13.7. The second-order valence-corrected chi connectivity index (χ2v) is 13.2. The van der Waals surface area contributed by atoms with E-state index < -0.39 is 10.0 Å². The molecule has 3 aromatic rings. The van der Waals surface area contributed by atoms with Gasteiger partial charge >= 0.3 is 0 Å². The Kier molecular flexibility index (Phi) is 10.2. The van der Waals surface area contributed by atoms with Gasteiger partial charge in [0.25, 0.3) is 5.91 Å². The van der Waals surface area contributed by atoms with E-state index in [1.54, 1.807) is 40.6 Å². The molecule has 8 nitrogen and oxygen atoms in total. The summed E-state index contributed by atoms with van der Waals surface area (Å²) in [6.07, 6.45) is 1.80. The Morgan fingerprint density at radius 2 is 1.74 bits per heavy atom. The van der Waals surface area contributed by atoms with Crippen molar-refractivity contribution in [1.82, 2.24) is 14.2 Å². The molecule has 11 heteroatoms. The number of ether oxygens (including phenoxy) is 1. The number of nitrogens with zero attached hydrogens (tertiary/aromatic N) is 4. The fraction of sp³-hybridized carbons (Fsp3) is 0.481. The van der Waals surface area contributed by atoms with Gasteiger partial charge < -0.3 is 9.64 Å². The number of rotatable bonds is 9. The van der Waals surface area contributed by atoms with Crippen LogP contribution in [0.25, 0.3) is 10.2 Å². The summed E-state index contributed by atoms with van der Waals surface area (Å²) >= 11 is 1.46. The summed E-state index contributed by atoms with van der Waals surface area (Å²) in [5.74, 6) is 1.16. The number of carbonyl (C=O) groups is 1. The number of amides is 1. The second kappa shape index (κ2) is 12.7. The van der Waals surface area contributed by atoms with Crippen LogP contribution in [0.4, 0.5) is 5.13 Å². The Balaban J connectivity index is 0.00000400. The third-order valence-corrected chi connectivity index (χ3v) is 9.53. The zero-order chi connectivity index (χ0) is 26.7. The maximum atomic E-state index is 13.7. The van der Waals surface area contributed by atoms with Gasteiger partial charge in [0.15, 0.2) is 5.13 Å². The van der Waals surface area contributed by atoms with Crippen LogP contribution in [0.5, 0.6) is 5.75 Å². The summed E-state index contributed by atoms with van der Waals surface area (Å²) in [4.78, 5) is 22.4. The van der Waals surface area contributed by atoms with Crippen LogP contribution in [-0.2, 0) is 10.0 Å². The number of piperidine rings is 1. The molecule has 0 N–H and O–H groups in total. The Hall–Kier alpha value is -2.24. The van der Waals surface area contributed by atoms with E-state index in [2.05, 4.69) is 18.7 Å². The van der Waals surface area contributed by atoms with E-state index >= 15 is 0 Å². The highest BCUT2D eigenvalue weighted by Gasteiger charge is 2.32. The molecule has 1 amide bonds. The number of carbonyl (C=O) groups excluding carboxylic acids is 1. The molecule has 0 bridgehead atoms. The molecule has 1 saturated heterocycles. The van der Waals surface area contributed by atoms with Gasteiger partial charge in [-0.3, -0.25) is 9.69 Å². The van der Waals surface area contributed by atoms with Crippen LogP contribution >= 0.6 is 23.7 Å². The first kappa shape index (κ1) is 30.3. The van der Waals surface area contributed by atoms with E-state index in [4.69, 9.17) is 9.72 Å². The topological polar surface area (TPSA) is 83.0 Å². The van der Waals surface area contributed by atoms with Crippen molar-refractivity contribution in [3.05, 3.63) is 48.0 Å². The second-order valence-electron chi connectivity index (χ2n) is 10.2. The van der Waals surface area contributed by atoms with E-state index in [0.717, 1.165) is 29.6 Å². The Morgan fingerprint density at radius 1 is 1.08 bits per heavy atom. The lowest BCUT2D eigenvalue weighted by Crippen LogP contribution is -2.42. The predicted octanol–water partition coefficient (Wildman–Crippen LogP) is 4.99. The summed E-state index contributed by atoms with van der Waals surface area (Å²) < 4.78 is 34.4. The minimum Gasteiger partial charge on any atom is -0.497 e. The first-order chi connectivity index (χ1) is 17.6. The molecule has 1 fully saturated rings. The van der Waals surface area contributed by atoms with Crippen molar-refractivity contribution in [2.75, 3.05) is 52.3 Å². The number of benzene rings is 2. The number of sulfonamides is 1. The van der Waals surface area contributed by atoms with Crippen molar-refractivity contribution >= 4 is 55.0 Å². The molecule has 1 aromatic heterocycles. The molecular weight excluding hydrogens is 544 g/mol. The number of hydrogen-bond acceptors (Lipinski definition) is 7. The molecule has 208 valence electrons. The van der Waals surface area contributed by atoms with Gasteiger partial charge in [0, 0.05) is 31.3 Å². The summed E-state index contributed by atoms with van der Waals surface area (Å²) in [6, 6.07) is 12.0. The van der Waals surface area contributed by atoms with Crippen LogP contribution in [0.1, 0.15) is 37.0 Å². The SMILES string of the molecule is COc1ccc2sc(N(CCCN(C)C)C(=O)c3ccc(S(=O)(=O)N4CC(C)CC(C)C4)cc3)nc2c1.Cl. The largest absolute Gasteiger partial charge is 0.497 e. The number of methoxy groups -OCH3 is 1. The van der Waals surface area contributed by atoms with Crippen LogP contribution in [0.3, 0.4) is 0 Å². The van der Waals surface area contributed by atoms with Crippen LogP contribution in [0.2, 0.25) is 0 Å². The fourth-order valence-electron chi connectivity index (χ4n) is 4.84. The minimum atomic E-state index is -3.61. The molecule has 0 radical (unpaired) electrons. The van der Waals surface area contributed by atoms with Gasteiger partial charge in [0.2, 0.25) is 10.0 Å². The highest BCUT2D eigenvalue weighted by Crippen LogP contribution is 2.32. The summed E-state index contributed by atoms with van der Waals surface area (Å²) in [5.41, 5.74) is 1.21. The maximum Gasteiger partial charge on any atom is 0.260 e. The number of fused-ring (bicyclic) bond motifs is 1. The molecular formula is C27H37ClN4O4S2. The normalized spacial score (nSPS) is 18.4. The lowest BCUT2D eigenvalue weighted by molar-refractivity contribution is 0.0986. The highest BCUT2D eigenvalue weighted by atomic mass is 35.5. The quantitative estimate of drug-likeness (QED) is 0.354. The van der Waals surface area contributed by atoms with Gasteiger partial charge in [-0.2, -0.15) is 4.31 Å².